The number of aromatic amines is 2. The van der Waals surface area contributed by atoms with Crippen LogP contribution in [0.1, 0.15) is 15.9 Å². The monoisotopic (exact) mass is 332 g/mol. The van der Waals surface area contributed by atoms with Crippen molar-refractivity contribution < 1.29 is 4.79 Å². The first-order valence-corrected chi connectivity index (χ1v) is 7.86. The summed E-state index contributed by atoms with van der Waals surface area (Å²) in [6, 6.07) is 15.4. The zero-order chi connectivity index (χ0) is 17.2. The molecular formula is C18H16N6O. The van der Waals surface area contributed by atoms with Gasteiger partial charge in [0, 0.05) is 36.4 Å². The van der Waals surface area contributed by atoms with Gasteiger partial charge in [0.2, 0.25) is 5.82 Å². The van der Waals surface area contributed by atoms with Gasteiger partial charge in [-0.2, -0.15) is 5.21 Å². The minimum absolute atomic E-state index is 0.0264. The molecular weight excluding hydrogens is 316 g/mol. The SMILES string of the molecule is CN(Cc1cccc(-c2nn[nH]n2)c1)C(=O)c1ccc2cc[nH]c2c1. The van der Waals surface area contributed by atoms with Gasteiger partial charge >= 0.3 is 0 Å². The quantitative estimate of drug-likeness (QED) is 0.601. The van der Waals surface area contributed by atoms with Crippen molar-refractivity contribution in [2.24, 2.45) is 0 Å². The van der Waals surface area contributed by atoms with E-state index in [1.165, 1.54) is 0 Å². The fourth-order valence-corrected chi connectivity index (χ4v) is 2.84. The maximum Gasteiger partial charge on any atom is 0.253 e. The molecule has 0 radical (unpaired) electrons. The van der Waals surface area contributed by atoms with E-state index >= 15 is 0 Å². The summed E-state index contributed by atoms with van der Waals surface area (Å²) in [4.78, 5) is 17.5. The summed E-state index contributed by atoms with van der Waals surface area (Å²) >= 11 is 0. The molecule has 7 heteroatoms. The molecule has 124 valence electrons. The van der Waals surface area contributed by atoms with Gasteiger partial charge in [-0.05, 0) is 40.4 Å². The summed E-state index contributed by atoms with van der Waals surface area (Å²) in [5.41, 5.74) is 3.48. The number of H-pyrrole nitrogens is 2. The molecule has 0 unspecified atom stereocenters. The van der Waals surface area contributed by atoms with Crippen molar-refractivity contribution in [3.05, 3.63) is 65.9 Å². The lowest BCUT2D eigenvalue weighted by atomic mass is 10.1. The van der Waals surface area contributed by atoms with Gasteiger partial charge in [0.25, 0.3) is 5.91 Å². The summed E-state index contributed by atoms with van der Waals surface area (Å²) in [5.74, 6) is 0.509. The van der Waals surface area contributed by atoms with E-state index in [-0.39, 0.29) is 5.91 Å². The standard InChI is InChI=1S/C18H16N6O/c1-24(18(25)15-6-5-13-7-8-19-16(13)10-15)11-12-3-2-4-14(9-12)17-20-22-23-21-17/h2-10,19H,11H2,1H3,(H,20,21,22,23). The van der Waals surface area contributed by atoms with Gasteiger partial charge in [0.15, 0.2) is 0 Å². The second-order valence-corrected chi connectivity index (χ2v) is 5.88. The van der Waals surface area contributed by atoms with Crippen molar-refractivity contribution in [3.63, 3.8) is 0 Å². The molecule has 25 heavy (non-hydrogen) atoms. The number of aromatic nitrogens is 5. The van der Waals surface area contributed by atoms with Gasteiger partial charge in [0.05, 0.1) is 0 Å². The van der Waals surface area contributed by atoms with Crippen molar-refractivity contribution in [1.82, 2.24) is 30.5 Å². The number of rotatable bonds is 4. The molecule has 7 nitrogen and oxygen atoms in total. The number of hydrogen-bond donors (Lipinski definition) is 2. The minimum Gasteiger partial charge on any atom is -0.361 e. The third-order valence-electron chi connectivity index (χ3n) is 4.10. The number of nitrogens with zero attached hydrogens (tertiary/aromatic N) is 4. The zero-order valence-corrected chi connectivity index (χ0v) is 13.6. The predicted octanol–water partition coefficient (Wildman–Crippen LogP) is 2.62. The van der Waals surface area contributed by atoms with Gasteiger partial charge in [0.1, 0.15) is 0 Å². The third-order valence-corrected chi connectivity index (χ3v) is 4.10. The van der Waals surface area contributed by atoms with E-state index in [1.807, 2.05) is 54.7 Å². The normalized spacial score (nSPS) is 10.9. The molecule has 0 fully saturated rings. The highest BCUT2D eigenvalue weighted by Gasteiger charge is 2.13. The molecule has 2 N–H and O–H groups in total. The first kappa shape index (κ1) is 15.1. The average Bonchev–Trinajstić information content (AvgIpc) is 3.32. The van der Waals surface area contributed by atoms with Crippen LogP contribution in [0.3, 0.4) is 0 Å². The molecule has 4 aromatic rings. The van der Waals surface area contributed by atoms with E-state index in [0.717, 1.165) is 22.0 Å². The number of carbonyl (C=O) groups is 1. The first-order chi connectivity index (χ1) is 12.2. The van der Waals surface area contributed by atoms with E-state index in [1.54, 1.807) is 11.9 Å². The molecule has 0 bridgehead atoms. The van der Waals surface area contributed by atoms with E-state index in [9.17, 15) is 4.79 Å². The average molecular weight is 332 g/mol. The summed E-state index contributed by atoms with van der Waals surface area (Å²) in [6.45, 7) is 0.493. The van der Waals surface area contributed by atoms with E-state index in [0.29, 0.717) is 17.9 Å². The second kappa shape index (κ2) is 6.20. The molecule has 0 saturated heterocycles. The Morgan fingerprint density at radius 3 is 2.92 bits per heavy atom. The highest BCUT2D eigenvalue weighted by atomic mass is 16.2. The first-order valence-electron chi connectivity index (χ1n) is 7.86. The Labute approximate surface area is 143 Å². The number of nitrogens with one attached hydrogen (secondary N) is 2. The number of tetrazole rings is 1. The number of hydrogen-bond acceptors (Lipinski definition) is 4. The molecule has 0 saturated carbocycles. The smallest absolute Gasteiger partial charge is 0.253 e. The van der Waals surface area contributed by atoms with Crippen molar-refractivity contribution in [3.8, 4) is 11.4 Å². The molecule has 1 amide bonds. The molecule has 0 aliphatic carbocycles. The minimum atomic E-state index is -0.0264. The number of fused-ring (bicyclic) bond motifs is 1. The van der Waals surface area contributed by atoms with Crippen LogP contribution in [0, 0.1) is 0 Å². The van der Waals surface area contributed by atoms with Crippen molar-refractivity contribution in [2.45, 2.75) is 6.54 Å². The molecule has 0 atom stereocenters. The van der Waals surface area contributed by atoms with Gasteiger partial charge in [-0.25, -0.2) is 0 Å². The fraction of sp³-hybridized carbons (Fsp3) is 0.111. The van der Waals surface area contributed by atoms with Gasteiger partial charge in [-0.3, -0.25) is 4.79 Å². The number of benzene rings is 2. The van der Waals surface area contributed by atoms with Crippen LogP contribution in [0.5, 0.6) is 0 Å². The molecule has 2 aromatic heterocycles. The Kier molecular flexibility index (Phi) is 3.74. The lowest BCUT2D eigenvalue weighted by molar-refractivity contribution is 0.0785. The maximum absolute atomic E-state index is 12.7. The van der Waals surface area contributed by atoms with Gasteiger partial charge in [-0.15, -0.1) is 10.2 Å². The van der Waals surface area contributed by atoms with Crippen LogP contribution < -0.4 is 0 Å². The fourth-order valence-electron chi connectivity index (χ4n) is 2.84. The summed E-state index contributed by atoms with van der Waals surface area (Å²) in [6.07, 6.45) is 1.87. The van der Waals surface area contributed by atoms with Gasteiger partial charge in [-0.1, -0.05) is 24.3 Å². The molecule has 4 rings (SSSR count). The van der Waals surface area contributed by atoms with Gasteiger partial charge < -0.3 is 9.88 Å². The summed E-state index contributed by atoms with van der Waals surface area (Å²) in [5, 5.41) is 15.1. The second-order valence-electron chi connectivity index (χ2n) is 5.88. The van der Waals surface area contributed by atoms with Crippen LogP contribution in [0.4, 0.5) is 0 Å². The van der Waals surface area contributed by atoms with E-state index in [4.69, 9.17) is 0 Å². The predicted molar refractivity (Wildman–Crippen MR) is 93.7 cm³/mol. The lowest BCUT2D eigenvalue weighted by Crippen LogP contribution is -2.26. The Hall–Kier alpha value is -3.48. The molecule has 0 spiro atoms. The van der Waals surface area contributed by atoms with Crippen LogP contribution >= 0.6 is 0 Å². The summed E-state index contributed by atoms with van der Waals surface area (Å²) in [7, 11) is 1.79. The number of carbonyl (C=O) groups excluding carboxylic acids is 1. The highest BCUT2D eigenvalue weighted by molar-refractivity contribution is 5.97. The molecule has 0 aliphatic heterocycles. The Morgan fingerprint density at radius 2 is 2.08 bits per heavy atom. The van der Waals surface area contributed by atoms with E-state index in [2.05, 4.69) is 25.6 Å². The van der Waals surface area contributed by atoms with Crippen LogP contribution in [0.15, 0.2) is 54.7 Å². The van der Waals surface area contributed by atoms with Crippen LogP contribution in [0.25, 0.3) is 22.3 Å². The topological polar surface area (TPSA) is 90.6 Å². The van der Waals surface area contributed by atoms with Crippen molar-refractivity contribution in [1.29, 1.82) is 0 Å². The highest BCUT2D eigenvalue weighted by Crippen LogP contribution is 2.18. The van der Waals surface area contributed by atoms with E-state index < -0.39 is 0 Å². The third kappa shape index (κ3) is 2.99. The zero-order valence-electron chi connectivity index (χ0n) is 13.6. The summed E-state index contributed by atoms with van der Waals surface area (Å²) < 4.78 is 0. The van der Waals surface area contributed by atoms with Crippen LogP contribution in [-0.2, 0) is 6.54 Å². The van der Waals surface area contributed by atoms with Crippen molar-refractivity contribution >= 4 is 16.8 Å². The Bertz CT molecular complexity index is 1020. The Morgan fingerprint density at radius 1 is 1.16 bits per heavy atom. The molecule has 2 heterocycles. The molecule has 2 aromatic carbocycles. The Balaban J connectivity index is 1.54. The van der Waals surface area contributed by atoms with Crippen LogP contribution in [0.2, 0.25) is 0 Å². The lowest BCUT2D eigenvalue weighted by Gasteiger charge is -2.17. The number of amides is 1. The van der Waals surface area contributed by atoms with Crippen LogP contribution in [-0.4, -0.2) is 43.5 Å². The van der Waals surface area contributed by atoms with Crippen molar-refractivity contribution in [2.75, 3.05) is 7.05 Å². The maximum atomic E-state index is 12.7. The largest absolute Gasteiger partial charge is 0.361 e. The molecule has 0 aliphatic rings.